The zero-order valence-electron chi connectivity index (χ0n) is 13.2. The van der Waals surface area contributed by atoms with Crippen LogP contribution in [0.25, 0.3) is 10.1 Å². The van der Waals surface area contributed by atoms with Crippen LogP contribution in [0.2, 0.25) is 0 Å². The van der Waals surface area contributed by atoms with Crippen molar-refractivity contribution in [1.82, 2.24) is 4.90 Å². The van der Waals surface area contributed by atoms with Gasteiger partial charge >= 0.3 is 0 Å². The Hall–Kier alpha value is -1.91. The molecule has 120 valence electrons. The highest BCUT2D eigenvalue weighted by Gasteiger charge is 2.62. The minimum Gasteiger partial charge on any atom is -0.334 e. The second kappa shape index (κ2) is 6.30. The Kier molecular flexibility index (Phi) is 4.37. The van der Waals surface area contributed by atoms with Gasteiger partial charge in [-0.05, 0) is 36.4 Å². The van der Waals surface area contributed by atoms with Gasteiger partial charge in [-0.3, -0.25) is 4.79 Å². The van der Waals surface area contributed by atoms with Gasteiger partial charge in [0.1, 0.15) is 0 Å². The molecule has 2 atom stereocenters. The summed E-state index contributed by atoms with van der Waals surface area (Å²) in [5.74, 6) is 0.375. The van der Waals surface area contributed by atoms with Crippen LogP contribution in [-0.4, -0.2) is 30.4 Å². The zero-order valence-corrected chi connectivity index (χ0v) is 14.0. The fourth-order valence-electron chi connectivity index (χ4n) is 3.32. The normalized spacial score (nSPS) is 22.7. The highest BCUT2D eigenvalue weighted by Crippen LogP contribution is 2.57. The van der Waals surface area contributed by atoms with Gasteiger partial charge in [-0.2, -0.15) is 0 Å². The lowest BCUT2D eigenvalue weighted by Crippen LogP contribution is -2.41. The minimum absolute atomic E-state index is 0.152. The minimum atomic E-state index is -0.454. The maximum Gasteiger partial charge on any atom is 0.234 e. The van der Waals surface area contributed by atoms with Crippen LogP contribution in [0.4, 0.5) is 0 Å². The summed E-state index contributed by atoms with van der Waals surface area (Å²) in [4.78, 5) is 16.2. The molecular weight excluding hydrogens is 304 g/mol. The molecule has 0 aliphatic heterocycles. The fourth-order valence-corrected chi connectivity index (χ4v) is 4.65. The van der Waals surface area contributed by atoms with Crippen LogP contribution in [-0.2, 0) is 10.2 Å². The van der Waals surface area contributed by atoms with Crippen molar-refractivity contribution in [2.45, 2.75) is 11.8 Å². The number of thiophene rings is 1. The van der Waals surface area contributed by atoms with Crippen LogP contribution in [0.3, 0.4) is 0 Å². The maximum absolute atomic E-state index is 13.2. The molecule has 1 aromatic carbocycles. The topological polar surface area (TPSA) is 46.3 Å². The number of hydrogen-bond acceptors (Lipinski definition) is 3. The first-order valence-electron chi connectivity index (χ1n) is 7.87. The third-order valence-electron chi connectivity index (χ3n) is 4.62. The number of nitrogens with two attached hydrogens (primary N) is 1. The lowest BCUT2D eigenvalue weighted by molar-refractivity contribution is -0.133. The van der Waals surface area contributed by atoms with Gasteiger partial charge in [0.25, 0.3) is 0 Å². The molecule has 0 saturated heterocycles. The number of benzene rings is 1. The van der Waals surface area contributed by atoms with Gasteiger partial charge < -0.3 is 10.6 Å². The average Bonchev–Trinajstić information content (AvgIpc) is 3.16. The summed E-state index contributed by atoms with van der Waals surface area (Å²) in [6.45, 7) is 9.14. The predicted molar refractivity (Wildman–Crippen MR) is 97.6 cm³/mol. The summed E-state index contributed by atoms with van der Waals surface area (Å²) in [6, 6.07) is 10.4. The Morgan fingerprint density at radius 1 is 1.35 bits per heavy atom. The third-order valence-corrected chi connectivity index (χ3v) is 5.92. The van der Waals surface area contributed by atoms with E-state index in [1.165, 1.54) is 10.1 Å². The number of carbonyl (C=O) groups excluding carboxylic acids is 1. The highest BCUT2D eigenvalue weighted by atomic mass is 32.1. The van der Waals surface area contributed by atoms with Gasteiger partial charge in [-0.25, -0.2) is 0 Å². The maximum atomic E-state index is 13.2. The van der Waals surface area contributed by atoms with Crippen molar-refractivity contribution in [3.63, 3.8) is 0 Å². The van der Waals surface area contributed by atoms with E-state index in [4.69, 9.17) is 5.73 Å². The van der Waals surface area contributed by atoms with Crippen molar-refractivity contribution in [2.75, 3.05) is 19.6 Å². The molecule has 1 aliphatic carbocycles. The number of carbonyl (C=O) groups is 1. The molecule has 0 spiro atoms. The van der Waals surface area contributed by atoms with Gasteiger partial charge in [-0.15, -0.1) is 24.5 Å². The lowest BCUT2D eigenvalue weighted by Gasteiger charge is -2.25. The average molecular weight is 326 g/mol. The fraction of sp³-hybridized carbons (Fsp3) is 0.316. The molecule has 2 aromatic rings. The SMILES string of the molecule is C=CCN(CC=C)C(=O)[C@@]1(c2cc3ccccc3s2)C[C@H]1CN. The molecule has 2 N–H and O–H groups in total. The first-order valence-corrected chi connectivity index (χ1v) is 8.69. The molecule has 1 aliphatic rings. The Bertz CT molecular complexity index is 708. The molecule has 0 unspecified atom stereocenters. The van der Waals surface area contributed by atoms with E-state index in [9.17, 15) is 4.79 Å². The van der Waals surface area contributed by atoms with Crippen molar-refractivity contribution in [2.24, 2.45) is 11.7 Å². The van der Waals surface area contributed by atoms with Crippen molar-refractivity contribution >= 4 is 27.3 Å². The van der Waals surface area contributed by atoms with Crippen LogP contribution in [0, 0.1) is 5.92 Å². The molecule has 1 saturated carbocycles. The molecule has 3 nitrogen and oxygen atoms in total. The van der Waals surface area contributed by atoms with Gasteiger partial charge in [0.15, 0.2) is 0 Å². The number of rotatable bonds is 7. The van der Waals surface area contributed by atoms with Crippen LogP contribution < -0.4 is 5.73 Å². The summed E-state index contributed by atoms with van der Waals surface area (Å²) in [7, 11) is 0. The lowest BCUT2D eigenvalue weighted by atomic mass is 9.98. The molecule has 0 radical (unpaired) electrons. The second-order valence-electron chi connectivity index (χ2n) is 6.04. The van der Waals surface area contributed by atoms with Crippen molar-refractivity contribution in [3.8, 4) is 0 Å². The summed E-state index contributed by atoms with van der Waals surface area (Å²) in [5.41, 5.74) is 5.47. The summed E-state index contributed by atoms with van der Waals surface area (Å²) < 4.78 is 1.22. The van der Waals surface area contributed by atoms with Crippen LogP contribution in [0.1, 0.15) is 11.3 Å². The third kappa shape index (κ3) is 2.62. The molecule has 0 bridgehead atoms. The largest absolute Gasteiger partial charge is 0.334 e. The Morgan fingerprint density at radius 2 is 2.04 bits per heavy atom. The molecule has 4 heteroatoms. The van der Waals surface area contributed by atoms with Crippen LogP contribution in [0.5, 0.6) is 0 Å². The molecule has 1 amide bonds. The van der Waals surface area contributed by atoms with E-state index >= 15 is 0 Å². The standard InChI is InChI=1S/C19H22N2OS/c1-3-9-21(10-4-2)18(22)19(12-15(19)13-20)17-11-14-7-5-6-8-16(14)23-17/h3-8,11,15H,1-2,9-10,12-13,20H2/t15-,19-/m0/s1. The number of hydrogen-bond donors (Lipinski definition) is 1. The van der Waals surface area contributed by atoms with E-state index < -0.39 is 5.41 Å². The molecule has 1 aromatic heterocycles. The number of nitrogens with zero attached hydrogens (tertiary/aromatic N) is 1. The molecule has 1 fully saturated rings. The van der Waals surface area contributed by atoms with E-state index in [0.29, 0.717) is 19.6 Å². The van der Waals surface area contributed by atoms with Crippen LogP contribution >= 0.6 is 11.3 Å². The van der Waals surface area contributed by atoms with E-state index in [2.05, 4.69) is 31.4 Å². The highest BCUT2D eigenvalue weighted by molar-refractivity contribution is 7.19. The van der Waals surface area contributed by atoms with Crippen LogP contribution in [0.15, 0.2) is 55.6 Å². The Balaban J connectivity index is 2.01. The predicted octanol–water partition coefficient (Wildman–Crippen LogP) is 3.32. The van der Waals surface area contributed by atoms with Crippen molar-refractivity contribution < 1.29 is 4.79 Å². The van der Waals surface area contributed by atoms with E-state index in [-0.39, 0.29) is 11.8 Å². The summed E-state index contributed by atoms with van der Waals surface area (Å²) in [5, 5.41) is 1.20. The van der Waals surface area contributed by atoms with Crippen molar-refractivity contribution in [1.29, 1.82) is 0 Å². The summed E-state index contributed by atoms with van der Waals surface area (Å²) in [6.07, 6.45) is 4.36. The van der Waals surface area contributed by atoms with E-state index in [1.54, 1.807) is 23.5 Å². The quantitative estimate of drug-likeness (QED) is 0.793. The van der Waals surface area contributed by atoms with Gasteiger partial charge in [-0.1, -0.05) is 30.4 Å². The van der Waals surface area contributed by atoms with E-state index in [0.717, 1.165) is 11.3 Å². The van der Waals surface area contributed by atoms with Gasteiger partial charge in [0.2, 0.25) is 5.91 Å². The first-order chi connectivity index (χ1) is 11.2. The van der Waals surface area contributed by atoms with Crippen molar-refractivity contribution in [3.05, 3.63) is 60.5 Å². The first kappa shape index (κ1) is 16.0. The second-order valence-corrected chi connectivity index (χ2v) is 7.13. The van der Waals surface area contributed by atoms with Gasteiger partial charge in [0.05, 0.1) is 5.41 Å². The van der Waals surface area contributed by atoms with E-state index in [1.807, 2.05) is 17.0 Å². The van der Waals surface area contributed by atoms with Gasteiger partial charge in [0, 0.05) is 22.7 Å². The molecule has 23 heavy (non-hydrogen) atoms. The zero-order chi connectivity index (χ0) is 16.4. The molecular formula is C19H22N2OS. The Morgan fingerprint density at radius 3 is 2.61 bits per heavy atom. The Labute approximate surface area is 141 Å². The molecule has 3 rings (SSSR count). The number of amides is 1. The number of fused-ring (bicyclic) bond motifs is 1. The monoisotopic (exact) mass is 326 g/mol. The molecule has 1 heterocycles. The summed E-state index contributed by atoms with van der Waals surface area (Å²) >= 11 is 1.71. The smallest absolute Gasteiger partial charge is 0.234 e.